The van der Waals surface area contributed by atoms with Crippen LogP contribution >= 0.6 is 11.3 Å². The lowest BCUT2D eigenvalue weighted by atomic mass is 10.1. The third-order valence-electron chi connectivity index (χ3n) is 4.34. The molecule has 7 heteroatoms. The number of rotatable bonds is 8. The Morgan fingerprint density at radius 1 is 1.37 bits per heavy atom. The molecule has 6 nitrogen and oxygen atoms in total. The third-order valence-corrected chi connectivity index (χ3v) is 5.38. The molecule has 1 aromatic carbocycles. The van der Waals surface area contributed by atoms with Gasteiger partial charge in [0.05, 0.1) is 25.1 Å². The smallest absolute Gasteiger partial charge is 0.268 e. The molecule has 0 fully saturated rings. The number of benzene rings is 1. The van der Waals surface area contributed by atoms with Crippen LogP contribution in [0.4, 0.5) is 0 Å². The van der Waals surface area contributed by atoms with E-state index in [1.807, 2.05) is 18.2 Å². The predicted octanol–water partition coefficient (Wildman–Crippen LogP) is 3.41. The summed E-state index contributed by atoms with van der Waals surface area (Å²) in [6, 6.07) is 11.9. The Morgan fingerprint density at radius 3 is 2.81 bits per heavy atom. The van der Waals surface area contributed by atoms with Crippen molar-refractivity contribution < 1.29 is 14.6 Å². The van der Waals surface area contributed by atoms with Crippen molar-refractivity contribution in [3.8, 4) is 16.2 Å². The van der Waals surface area contributed by atoms with Gasteiger partial charge in [0.2, 0.25) is 0 Å². The maximum Gasteiger partial charge on any atom is 0.268 e. The first kappa shape index (κ1) is 19.1. The number of carbonyl (C=O) groups is 1. The summed E-state index contributed by atoms with van der Waals surface area (Å²) in [5.41, 5.74) is 6.55. The maximum atomic E-state index is 11.2. The summed E-state index contributed by atoms with van der Waals surface area (Å²) in [5.74, 6) is 0.196. The Labute approximate surface area is 162 Å². The summed E-state index contributed by atoms with van der Waals surface area (Å²) in [7, 11) is 0. The van der Waals surface area contributed by atoms with Gasteiger partial charge in [-0.25, -0.2) is 4.98 Å². The number of imidazole rings is 1. The first-order valence-electron chi connectivity index (χ1n) is 8.75. The quantitative estimate of drug-likeness (QED) is 0.622. The predicted molar refractivity (Wildman–Crippen MR) is 106 cm³/mol. The molecular weight excluding hydrogens is 362 g/mol. The van der Waals surface area contributed by atoms with Gasteiger partial charge in [-0.1, -0.05) is 12.1 Å². The highest BCUT2D eigenvalue weighted by Gasteiger charge is 2.19. The molecule has 0 bridgehead atoms. The van der Waals surface area contributed by atoms with Gasteiger partial charge in [0.1, 0.15) is 11.4 Å². The highest BCUT2D eigenvalue weighted by atomic mass is 32.1. The average Bonchev–Trinajstić information content (AvgIpc) is 3.28. The fourth-order valence-corrected chi connectivity index (χ4v) is 3.77. The molecule has 0 aliphatic carbocycles. The number of hydrogen-bond acceptors (Lipinski definition) is 5. The molecule has 3 rings (SSSR count). The summed E-state index contributed by atoms with van der Waals surface area (Å²) in [5, 5.41) is 10.1. The number of aliphatic hydroxyl groups excluding tert-OH is 1. The lowest BCUT2D eigenvalue weighted by molar-refractivity contribution is 0.0993. The fraction of sp³-hybridized carbons (Fsp3) is 0.300. The van der Waals surface area contributed by atoms with Crippen molar-refractivity contribution in [2.24, 2.45) is 5.73 Å². The van der Waals surface area contributed by atoms with Crippen LogP contribution in [0.1, 0.15) is 34.8 Å². The van der Waals surface area contributed by atoms with E-state index in [0.29, 0.717) is 13.0 Å². The molecule has 1 amide bonds. The van der Waals surface area contributed by atoms with Gasteiger partial charge in [-0.3, -0.25) is 4.79 Å². The summed E-state index contributed by atoms with van der Waals surface area (Å²) < 4.78 is 7.61. The molecule has 2 atom stereocenters. The van der Waals surface area contributed by atoms with Crippen molar-refractivity contribution in [1.29, 1.82) is 0 Å². The van der Waals surface area contributed by atoms with Gasteiger partial charge in [0.25, 0.3) is 5.91 Å². The van der Waals surface area contributed by atoms with E-state index >= 15 is 0 Å². The van der Waals surface area contributed by atoms with Crippen LogP contribution < -0.4 is 10.5 Å². The Balaban J connectivity index is 1.64. The van der Waals surface area contributed by atoms with Crippen LogP contribution in [0, 0.1) is 6.92 Å². The van der Waals surface area contributed by atoms with Gasteiger partial charge >= 0.3 is 0 Å². The SMILES string of the molecule is Cc1ccc(-c2cccc(OCCC(C(C)O)n3cnc(C(N)=O)c3)c2)s1. The number of carbonyl (C=O) groups excluding carboxylic acids is 1. The van der Waals surface area contributed by atoms with E-state index in [-0.39, 0.29) is 11.7 Å². The lowest BCUT2D eigenvalue weighted by Crippen LogP contribution is -2.23. The Kier molecular flexibility index (Phi) is 5.93. The Bertz CT molecular complexity index is 917. The van der Waals surface area contributed by atoms with Crippen molar-refractivity contribution in [3.63, 3.8) is 0 Å². The molecule has 0 aliphatic heterocycles. The van der Waals surface area contributed by atoms with Gasteiger partial charge in [0, 0.05) is 22.4 Å². The van der Waals surface area contributed by atoms with Crippen molar-refractivity contribution in [2.45, 2.75) is 32.4 Å². The second-order valence-corrected chi connectivity index (χ2v) is 7.74. The molecule has 2 heterocycles. The van der Waals surface area contributed by atoms with Crippen LogP contribution in [-0.4, -0.2) is 33.3 Å². The molecule has 2 unspecified atom stereocenters. The van der Waals surface area contributed by atoms with Crippen molar-refractivity contribution >= 4 is 17.2 Å². The zero-order valence-corrected chi connectivity index (χ0v) is 16.1. The van der Waals surface area contributed by atoms with E-state index < -0.39 is 12.0 Å². The van der Waals surface area contributed by atoms with Gasteiger partial charge in [0.15, 0.2) is 0 Å². The van der Waals surface area contributed by atoms with E-state index in [4.69, 9.17) is 10.5 Å². The third kappa shape index (κ3) is 4.75. The summed E-state index contributed by atoms with van der Waals surface area (Å²) in [6.07, 6.45) is 3.01. The van der Waals surface area contributed by atoms with Crippen LogP contribution in [0.5, 0.6) is 5.75 Å². The minimum Gasteiger partial charge on any atom is -0.493 e. The maximum absolute atomic E-state index is 11.2. The topological polar surface area (TPSA) is 90.4 Å². The number of aliphatic hydroxyl groups is 1. The van der Waals surface area contributed by atoms with Crippen LogP contribution in [0.3, 0.4) is 0 Å². The number of hydrogen-bond donors (Lipinski definition) is 2. The molecule has 3 N–H and O–H groups in total. The number of thiophene rings is 1. The van der Waals surface area contributed by atoms with Crippen molar-refractivity contribution in [3.05, 3.63) is 59.5 Å². The van der Waals surface area contributed by atoms with Crippen molar-refractivity contribution in [1.82, 2.24) is 9.55 Å². The molecule has 27 heavy (non-hydrogen) atoms. The second kappa shape index (κ2) is 8.37. The number of aryl methyl sites for hydroxylation is 1. The molecule has 2 aromatic heterocycles. The monoisotopic (exact) mass is 385 g/mol. The zero-order chi connectivity index (χ0) is 19.4. The van der Waals surface area contributed by atoms with Crippen LogP contribution in [0.25, 0.3) is 10.4 Å². The normalized spacial score (nSPS) is 13.3. The molecule has 0 spiro atoms. The number of primary amides is 1. The number of aromatic nitrogens is 2. The number of amides is 1. The molecule has 142 valence electrons. The fourth-order valence-electron chi connectivity index (χ4n) is 2.91. The average molecular weight is 385 g/mol. The van der Waals surface area contributed by atoms with Crippen LogP contribution in [0.2, 0.25) is 0 Å². The van der Waals surface area contributed by atoms with Crippen molar-refractivity contribution in [2.75, 3.05) is 6.61 Å². The highest BCUT2D eigenvalue weighted by molar-refractivity contribution is 7.15. The molecule has 0 radical (unpaired) electrons. The van der Waals surface area contributed by atoms with Gasteiger partial charge < -0.3 is 20.1 Å². The largest absolute Gasteiger partial charge is 0.493 e. The zero-order valence-electron chi connectivity index (χ0n) is 15.3. The molecule has 0 saturated heterocycles. The van der Waals surface area contributed by atoms with Crippen LogP contribution in [-0.2, 0) is 0 Å². The summed E-state index contributed by atoms with van der Waals surface area (Å²) in [6.45, 7) is 4.21. The van der Waals surface area contributed by atoms with E-state index in [1.54, 1.807) is 29.0 Å². The van der Waals surface area contributed by atoms with E-state index in [0.717, 1.165) is 11.3 Å². The van der Waals surface area contributed by atoms with E-state index in [2.05, 4.69) is 30.1 Å². The second-order valence-electron chi connectivity index (χ2n) is 6.45. The van der Waals surface area contributed by atoms with E-state index in [1.165, 1.54) is 16.1 Å². The van der Waals surface area contributed by atoms with Gasteiger partial charge in [-0.2, -0.15) is 0 Å². The Morgan fingerprint density at radius 2 is 2.19 bits per heavy atom. The number of nitrogens with zero attached hydrogens (tertiary/aromatic N) is 2. The first-order chi connectivity index (χ1) is 12.9. The molecule has 0 saturated carbocycles. The molecule has 0 aliphatic rings. The number of ether oxygens (including phenoxy) is 1. The lowest BCUT2D eigenvalue weighted by Gasteiger charge is -2.21. The van der Waals surface area contributed by atoms with Gasteiger partial charge in [-0.05, 0) is 43.7 Å². The first-order valence-corrected chi connectivity index (χ1v) is 9.56. The standard InChI is InChI=1S/C20H23N3O3S/c1-13-6-7-19(27-13)15-4-3-5-16(10-15)26-9-8-18(14(2)24)23-11-17(20(21)25)22-12-23/h3-7,10-12,14,18,24H,8-9H2,1-2H3,(H2,21,25). The van der Waals surface area contributed by atoms with Crippen LogP contribution in [0.15, 0.2) is 48.9 Å². The van der Waals surface area contributed by atoms with Gasteiger partial charge in [-0.15, -0.1) is 11.3 Å². The molecular formula is C20H23N3O3S. The summed E-state index contributed by atoms with van der Waals surface area (Å²) in [4.78, 5) is 17.7. The minimum absolute atomic E-state index is 0.181. The molecule has 3 aromatic rings. The Hall–Kier alpha value is -2.64. The minimum atomic E-state index is -0.621. The van der Waals surface area contributed by atoms with E-state index in [9.17, 15) is 9.90 Å². The highest BCUT2D eigenvalue weighted by Crippen LogP contribution is 2.30. The number of nitrogens with two attached hydrogens (primary N) is 1. The summed E-state index contributed by atoms with van der Waals surface area (Å²) >= 11 is 1.75.